The summed E-state index contributed by atoms with van der Waals surface area (Å²) in [6.07, 6.45) is 58.4. The van der Waals surface area contributed by atoms with Crippen LogP contribution in [0.4, 0.5) is 0 Å². The van der Waals surface area contributed by atoms with Gasteiger partial charge in [-0.2, -0.15) is 0 Å². The maximum atomic E-state index is 12.7. The Balaban J connectivity index is 4.51. The molecule has 0 bridgehead atoms. The lowest BCUT2D eigenvalue weighted by atomic mass is 10.1. The molecule has 8 heteroatoms. The zero-order valence-corrected chi connectivity index (χ0v) is 39.0. The Morgan fingerprint density at radius 3 is 1.52 bits per heavy atom. The molecule has 0 saturated carbocycles. The van der Waals surface area contributed by atoms with Crippen LogP contribution in [0.3, 0.4) is 0 Å². The van der Waals surface area contributed by atoms with Crippen LogP contribution in [0.2, 0.25) is 0 Å². The van der Waals surface area contributed by atoms with Crippen molar-refractivity contribution in [1.29, 1.82) is 0 Å². The summed E-state index contributed by atoms with van der Waals surface area (Å²) in [5.74, 6) is -1.88. The van der Waals surface area contributed by atoms with Gasteiger partial charge in [-0.25, -0.2) is 0 Å². The zero-order valence-electron chi connectivity index (χ0n) is 39.0. The van der Waals surface area contributed by atoms with Gasteiger partial charge in [0.25, 0.3) is 0 Å². The maximum Gasteiger partial charge on any atom is 0.306 e. The van der Waals surface area contributed by atoms with Crippen molar-refractivity contribution >= 4 is 17.9 Å². The van der Waals surface area contributed by atoms with E-state index >= 15 is 0 Å². The number of ether oxygens (including phenoxy) is 3. The maximum absolute atomic E-state index is 12.7. The van der Waals surface area contributed by atoms with E-state index in [1.54, 1.807) is 21.1 Å². The van der Waals surface area contributed by atoms with E-state index in [-0.39, 0.29) is 43.1 Å². The number of aliphatic carboxylic acids is 1. The third-order valence-corrected chi connectivity index (χ3v) is 9.72. The van der Waals surface area contributed by atoms with Gasteiger partial charge in [-0.1, -0.05) is 168 Å². The van der Waals surface area contributed by atoms with Gasteiger partial charge in [0, 0.05) is 19.3 Å². The summed E-state index contributed by atoms with van der Waals surface area (Å²) in [7, 11) is 5.36. The van der Waals surface area contributed by atoms with Gasteiger partial charge < -0.3 is 28.6 Å². The summed E-state index contributed by atoms with van der Waals surface area (Å²) in [5, 5.41) is 11.6. The van der Waals surface area contributed by atoms with Crippen LogP contribution in [0.15, 0.2) is 109 Å². The smallest absolute Gasteiger partial charge is 0.306 e. The summed E-state index contributed by atoms with van der Waals surface area (Å²) in [4.78, 5) is 36.9. The van der Waals surface area contributed by atoms with Crippen molar-refractivity contribution < 1.29 is 38.2 Å². The first-order valence-electron chi connectivity index (χ1n) is 23.4. The van der Waals surface area contributed by atoms with Gasteiger partial charge in [-0.15, -0.1) is 0 Å². The highest BCUT2D eigenvalue weighted by Crippen LogP contribution is 2.11. The number of hydrogen-bond donors (Lipinski definition) is 0. The minimum absolute atomic E-state index is 0.00399. The van der Waals surface area contributed by atoms with E-state index in [9.17, 15) is 19.5 Å². The number of carbonyl (C=O) groups is 3. The second-order valence-electron chi connectivity index (χ2n) is 16.3. The molecule has 0 aromatic rings. The fourth-order valence-corrected chi connectivity index (χ4v) is 6.10. The standard InChI is InChI=1S/C53H85NO7/c1-6-8-10-12-14-16-18-20-22-24-26-28-30-32-34-36-38-40-42-44-52(56)61-49(47-59-46-45-50(53(57)58)54(3,4)5)48-60-51(55)43-41-39-37-35-33-31-29-27-25-23-21-19-17-15-13-11-9-7-2/h8,10,14,16,19-23,25-29,32,34,38,40,49-50H,6-7,9,11-13,15,17-18,24,30-31,33,35-37,39,41-48H2,1-5H3/b10-8+,16-14+,21-19+,22-20+,25-23+,28-26+,29-27+,34-32+,40-38+. The lowest BCUT2D eigenvalue weighted by molar-refractivity contribution is -0.889. The predicted molar refractivity (Wildman–Crippen MR) is 254 cm³/mol. The summed E-state index contributed by atoms with van der Waals surface area (Å²) < 4.78 is 17.1. The molecule has 8 nitrogen and oxygen atoms in total. The van der Waals surface area contributed by atoms with Crippen molar-refractivity contribution in [2.24, 2.45) is 0 Å². The summed E-state index contributed by atoms with van der Waals surface area (Å²) in [5.41, 5.74) is 0. The lowest BCUT2D eigenvalue weighted by Gasteiger charge is -2.34. The Morgan fingerprint density at radius 2 is 1.02 bits per heavy atom. The van der Waals surface area contributed by atoms with E-state index in [2.05, 4.69) is 111 Å². The first-order chi connectivity index (χ1) is 29.6. The number of hydrogen-bond acceptors (Lipinski definition) is 7. The fraction of sp³-hybridized carbons (Fsp3) is 0.604. The Labute approximate surface area is 372 Å². The molecule has 0 aliphatic heterocycles. The van der Waals surface area contributed by atoms with Crippen LogP contribution >= 0.6 is 0 Å². The molecule has 0 aromatic heterocycles. The summed E-state index contributed by atoms with van der Waals surface area (Å²) >= 11 is 0. The molecular weight excluding hydrogens is 763 g/mol. The molecular formula is C53H85NO7. The van der Waals surface area contributed by atoms with Gasteiger partial charge >= 0.3 is 11.9 Å². The highest BCUT2D eigenvalue weighted by atomic mass is 16.6. The summed E-state index contributed by atoms with van der Waals surface area (Å²) in [6, 6.07) is -0.749. The molecule has 0 rings (SSSR count). The molecule has 0 aliphatic rings. The molecule has 0 amide bonds. The van der Waals surface area contributed by atoms with Crippen molar-refractivity contribution in [2.45, 2.75) is 167 Å². The second-order valence-corrected chi connectivity index (χ2v) is 16.3. The van der Waals surface area contributed by atoms with E-state index < -0.39 is 24.1 Å². The number of unbranched alkanes of at least 4 members (excludes halogenated alkanes) is 10. The first kappa shape index (κ1) is 57.0. The largest absolute Gasteiger partial charge is 0.544 e. The Kier molecular flexibility index (Phi) is 39.9. The lowest BCUT2D eigenvalue weighted by Crippen LogP contribution is -2.55. The van der Waals surface area contributed by atoms with Gasteiger partial charge in [0.1, 0.15) is 12.6 Å². The minimum Gasteiger partial charge on any atom is -0.544 e. The van der Waals surface area contributed by atoms with Crippen LogP contribution in [0.1, 0.15) is 155 Å². The van der Waals surface area contributed by atoms with Gasteiger partial charge in [-0.3, -0.25) is 9.59 Å². The van der Waals surface area contributed by atoms with Crippen LogP contribution in [0, 0.1) is 0 Å². The molecule has 0 radical (unpaired) electrons. The van der Waals surface area contributed by atoms with Crippen molar-refractivity contribution in [3.05, 3.63) is 109 Å². The van der Waals surface area contributed by atoms with E-state index in [0.29, 0.717) is 12.8 Å². The van der Waals surface area contributed by atoms with E-state index in [1.807, 2.05) is 12.2 Å². The SMILES string of the molecule is CC/C=C/C/C=C/C/C=C/C/C=C/C/C=C/C/C=C/CCC(=O)OC(COCCC(C(=O)[O-])[N+](C)(C)C)COC(=O)CCCCCCC/C=C/C=C/C=C/CCCCCCC. The average molecular weight is 848 g/mol. The van der Waals surface area contributed by atoms with Crippen LogP contribution in [0.25, 0.3) is 0 Å². The molecule has 0 aromatic carbocycles. The molecule has 0 N–H and O–H groups in total. The summed E-state index contributed by atoms with van der Waals surface area (Å²) in [6.45, 7) is 4.41. The Morgan fingerprint density at radius 1 is 0.525 bits per heavy atom. The first-order valence-corrected chi connectivity index (χ1v) is 23.4. The van der Waals surface area contributed by atoms with Crippen molar-refractivity contribution in [3.8, 4) is 0 Å². The number of likely N-dealkylation sites (N-methyl/N-ethyl adjacent to an activating group) is 1. The van der Waals surface area contributed by atoms with Crippen LogP contribution in [0.5, 0.6) is 0 Å². The number of carboxylic acids is 1. The van der Waals surface area contributed by atoms with Crippen LogP contribution in [-0.2, 0) is 28.6 Å². The number of rotatable bonds is 40. The van der Waals surface area contributed by atoms with Crippen molar-refractivity contribution in [3.63, 3.8) is 0 Å². The Bertz CT molecular complexity index is 1360. The molecule has 0 saturated heterocycles. The van der Waals surface area contributed by atoms with Gasteiger partial charge in [0.2, 0.25) is 0 Å². The minimum atomic E-state index is -1.14. The molecule has 0 spiro atoms. The molecule has 0 fully saturated rings. The number of carboxylic acid groups (broad SMARTS) is 1. The highest BCUT2D eigenvalue weighted by Gasteiger charge is 2.25. The monoisotopic (exact) mass is 848 g/mol. The molecule has 344 valence electrons. The van der Waals surface area contributed by atoms with Gasteiger partial charge in [0.05, 0.1) is 40.3 Å². The number of carbonyl (C=O) groups excluding carboxylic acids is 3. The second kappa shape index (κ2) is 42.7. The van der Waals surface area contributed by atoms with Crippen LogP contribution in [-0.4, -0.2) is 75.5 Å². The van der Waals surface area contributed by atoms with E-state index in [4.69, 9.17) is 14.2 Å². The third-order valence-electron chi connectivity index (χ3n) is 9.72. The van der Waals surface area contributed by atoms with Crippen LogP contribution < -0.4 is 5.11 Å². The molecule has 2 unspecified atom stereocenters. The van der Waals surface area contributed by atoms with Crippen molar-refractivity contribution in [1.82, 2.24) is 0 Å². The molecule has 61 heavy (non-hydrogen) atoms. The quantitative estimate of drug-likeness (QED) is 0.0199. The van der Waals surface area contributed by atoms with Gasteiger partial charge in [-0.05, 0) is 77.0 Å². The Hall–Kier alpha value is -4.01. The topological polar surface area (TPSA) is 102 Å². The number of allylic oxidation sites excluding steroid dienone is 18. The van der Waals surface area contributed by atoms with Crippen molar-refractivity contribution in [2.75, 3.05) is 41.0 Å². The van der Waals surface area contributed by atoms with Gasteiger partial charge in [0.15, 0.2) is 6.10 Å². The molecule has 0 aliphatic carbocycles. The fourth-order valence-electron chi connectivity index (χ4n) is 6.10. The normalized spacial score (nSPS) is 13.9. The number of esters is 2. The van der Waals surface area contributed by atoms with E-state index in [1.165, 1.54) is 32.1 Å². The highest BCUT2D eigenvalue weighted by molar-refractivity contribution is 5.70. The number of nitrogens with zero attached hydrogens (tertiary/aromatic N) is 1. The average Bonchev–Trinajstić information content (AvgIpc) is 3.22. The van der Waals surface area contributed by atoms with E-state index in [0.717, 1.165) is 83.5 Å². The molecule has 0 heterocycles. The number of quaternary nitrogens is 1. The zero-order chi connectivity index (χ0) is 44.9. The molecule has 2 atom stereocenters. The third kappa shape index (κ3) is 41.1. The predicted octanol–water partition coefficient (Wildman–Crippen LogP) is 11.9.